The van der Waals surface area contributed by atoms with Crippen molar-refractivity contribution in [2.24, 2.45) is 4.99 Å². The number of anilines is 2. The average molecular weight is 478 g/mol. The molecule has 0 aromatic heterocycles. The zero-order valence-corrected chi connectivity index (χ0v) is 20.8. The first-order valence-electron chi connectivity index (χ1n) is 11.6. The third-order valence-electron chi connectivity index (χ3n) is 6.03. The first-order chi connectivity index (χ1) is 16.4. The van der Waals surface area contributed by atoms with Crippen molar-refractivity contribution in [1.29, 1.82) is 0 Å². The van der Waals surface area contributed by atoms with Gasteiger partial charge in [-0.1, -0.05) is 49.9 Å². The van der Waals surface area contributed by atoms with E-state index in [4.69, 9.17) is 4.99 Å². The van der Waals surface area contributed by atoms with E-state index in [1.165, 1.54) is 5.56 Å². The second kappa shape index (κ2) is 10.3. The molecule has 0 saturated carbocycles. The third-order valence-corrected chi connectivity index (χ3v) is 7.10. The first kappa shape index (κ1) is 23.9. The molecule has 2 heterocycles. The van der Waals surface area contributed by atoms with Crippen LogP contribution in [-0.2, 0) is 4.79 Å². The number of likely N-dealkylation sites (N-methyl/N-ethyl adjacent to an activating group) is 1. The molecule has 2 aliphatic heterocycles. The number of thioether (sulfide) groups is 1. The number of allylic oxidation sites excluding steroid dienone is 1. The first-order valence-corrected chi connectivity index (χ1v) is 12.5. The Morgan fingerprint density at radius 3 is 2.53 bits per heavy atom. The van der Waals surface area contributed by atoms with Crippen LogP contribution >= 0.6 is 11.8 Å². The van der Waals surface area contributed by atoms with Crippen molar-refractivity contribution in [3.63, 3.8) is 0 Å². The van der Waals surface area contributed by atoms with Gasteiger partial charge >= 0.3 is 6.03 Å². The van der Waals surface area contributed by atoms with Crippen LogP contribution in [0, 0.1) is 0 Å². The molecular weight excluding hydrogens is 446 g/mol. The molecule has 0 spiro atoms. The second-order valence-electron chi connectivity index (χ2n) is 8.75. The molecule has 0 radical (unpaired) electrons. The lowest BCUT2D eigenvalue weighted by Crippen LogP contribution is -2.43. The van der Waals surface area contributed by atoms with Crippen LogP contribution in [0.5, 0.6) is 0 Å². The van der Waals surface area contributed by atoms with Crippen LogP contribution in [0.2, 0.25) is 0 Å². The zero-order chi connectivity index (χ0) is 24.2. The molecule has 8 heteroatoms. The summed E-state index contributed by atoms with van der Waals surface area (Å²) in [7, 11) is 1.64. The number of benzene rings is 2. The fourth-order valence-electron chi connectivity index (χ4n) is 4.27. The monoisotopic (exact) mass is 477 g/mol. The van der Waals surface area contributed by atoms with E-state index in [1.807, 2.05) is 55.5 Å². The quantitative estimate of drug-likeness (QED) is 0.544. The summed E-state index contributed by atoms with van der Waals surface area (Å²) < 4.78 is 0. The van der Waals surface area contributed by atoms with Gasteiger partial charge in [0.1, 0.15) is 0 Å². The lowest BCUT2D eigenvalue weighted by atomic mass is 9.93. The van der Waals surface area contributed by atoms with Crippen molar-refractivity contribution in [2.45, 2.75) is 39.2 Å². The second-order valence-corrected chi connectivity index (χ2v) is 9.81. The summed E-state index contributed by atoms with van der Waals surface area (Å²) in [6, 6.07) is 15.0. The van der Waals surface area contributed by atoms with Gasteiger partial charge in [-0.15, -0.1) is 0 Å². The van der Waals surface area contributed by atoms with E-state index in [1.54, 1.807) is 18.8 Å². The highest BCUT2D eigenvalue weighted by atomic mass is 32.2. The van der Waals surface area contributed by atoms with Crippen LogP contribution in [0.25, 0.3) is 0 Å². The van der Waals surface area contributed by atoms with Crippen molar-refractivity contribution in [3.05, 3.63) is 70.9 Å². The fraction of sp³-hybridized carbons (Fsp3) is 0.346. The topological polar surface area (TPSA) is 85.8 Å². The number of hydrogen-bond acceptors (Lipinski definition) is 5. The fourth-order valence-corrected chi connectivity index (χ4v) is 5.29. The molecule has 2 aromatic rings. The van der Waals surface area contributed by atoms with Crippen molar-refractivity contribution in [3.8, 4) is 0 Å². The number of urea groups is 1. The highest BCUT2D eigenvalue weighted by Crippen LogP contribution is 2.40. The maximum absolute atomic E-state index is 12.8. The minimum atomic E-state index is -0.313. The lowest BCUT2D eigenvalue weighted by Gasteiger charge is -2.40. The van der Waals surface area contributed by atoms with E-state index in [2.05, 4.69) is 34.7 Å². The molecule has 1 unspecified atom stereocenters. The van der Waals surface area contributed by atoms with Crippen molar-refractivity contribution >= 4 is 40.2 Å². The normalized spacial score (nSPS) is 17.7. The Kier molecular flexibility index (Phi) is 7.26. The number of aliphatic imine (C=N–C) groups is 1. The summed E-state index contributed by atoms with van der Waals surface area (Å²) in [5, 5.41) is 9.53. The summed E-state index contributed by atoms with van der Waals surface area (Å²) in [5.74, 6) is 1.32. The minimum Gasteiger partial charge on any atom is -0.355 e. The molecule has 4 rings (SSSR count). The molecule has 1 saturated heterocycles. The Bertz CT molecular complexity index is 1140. The number of amidine groups is 1. The van der Waals surface area contributed by atoms with Crippen LogP contribution in [0.4, 0.5) is 16.2 Å². The Morgan fingerprint density at radius 2 is 1.82 bits per heavy atom. The largest absolute Gasteiger partial charge is 0.355 e. The molecule has 1 atom stereocenters. The summed E-state index contributed by atoms with van der Waals surface area (Å²) >= 11 is 1.72. The van der Waals surface area contributed by atoms with Gasteiger partial charge in [0.2, 0.25) is 0 Å². The third kappa shape index (κ3) is 5.12. The number of fused-ring (bicyclic) bond motifs is 1. The van der Waals surface area contributed by atoms with Crippen molar-refractivity contribution in [2.75, 3.05) is 30.0 Å². The molecule has 3 N–H and O–H groups in total. The summed E-state index contributed by atoms with van der Waals surface area (Å²) in [5.41, 5.74) is 4.92. The Balaban J connectivity index is 1.56. The van der Waals surface area contributed by atoms with Crippen LogP contribution in [0.1, 0.15) is 50.3 Å². The van der Waals surface area contributed by atoms with Gasteiger partial charge in [-0.25, -0.2) is 9.79 Å². The van der Waals surface area contributed by atoms with Crippen molar-refractivity contribution < 1.29 is 9.59 Å². The van der Waals surface area contributed by atoms with E-state index in [9.17, 15) is 9.59 Å². The van der Waals surface area contributed by atoms with Gasteiger partial charge in [0.25, 0.3) is 5.91 Å². The molecule has 0 aliphatic carbocycles. The molecule has 2 aromatic carbocycles. The molecular formula is C26H31N5O2S. The maximum Gasteiger partial charge on any atom is 0.323 e. The van der Waals surface area contributed by atoms with Gasteiger partial charge in [-0.2, -0.15) is 0 Å². The van der Waals surface area contributed by atoms with Gasteiger partial charge in [-0.3, -0.25) is 4.79 Å². The SMILES string of the molecule is CNC(=O)C1=C(C)N=C2SCCCN2C1c1cccc(NC(=O)Nc2ccc(C(C)C)cc2)c1. The van der Waals surface area contributed by atoms with Gasteiger partial charge in [-0.05, 0) is 54.7 Å². The van der Waals surface area contributed by atoms with Crippen LogP contribution < -0.4 is 16.0 Å². The van der Waals surface area contributed by atoms with Gasteiger partial charge in [0.15, 0.2) is 5.17 Å². The number of carbonyl (C=O) groups is 2. The Hall–Kier alpha value is -3.26. The number of hydrogen-bond donors (Lipinski definition) is 3. The van der Waals surface area contributed by atoms with Gasteiger partial charge in [0, 0.05) is 30.7 Å². The molecule has 34 heavy (non-hydrogen) atoms. The van der Waals surface area contributed by atoms with E-state index >= 15 is 0 Å². The number of carbonyl (C=O) groups excluding carboxylic acids is 2. The van der Waals surface area contributed by atoms with E-state index in [-0.39, 0.29) is 18.0 Å². The number of nitrogens with zero attached hydrogens (tertiary/aromatic N) is 2. The standard InChI is InChI=1S/C26H31N5O2S/c1-16(2)18-9-11-20(12-10-18)29-25(33)30-21-8-5-7-19(15-21)23-22(24(32)27-4)17(3)28-26-31(23)13-6-14-34-26/h5,7-12,15-16,23H,6,13-14H2,1-4H3,(H,27,32)(H2,29,30,33). The highest BCUT2D eigenvalue weighted by molar-refractivity contribution is 8.13. The smallest absolute Gasteiger partial charge is 0.323 e. The predicted molar refractivity (Wildman–Crippen MR) is 140 cm³/mol. The predicted octanol–water partition coefficient (Wildman–Crippen LogP) is 5.32. The molecule has 0 bridgehead atoms. The Morgan fingerprint density at radius 1 is 1.09 bits per heavy atom. The number of rotatable bonds is 5. The van der Waals surface area contributed by atoms with Gasteiger partial charge in [0.05, 0.1) is 17.3 Å². The van der Waals surface area contributed by atoms with E-state index in [0.717, 1.165) is 40.8 Å². The van der Waals surface area contributed by atoms with E-state index < -0.39 is 0 Å². The Labute approximate surface area is 205 Å². The van der Waals surface area contributed by atoms with E-state index in [0.29, 0.717) is 17.2 Å². The summed E-state index contributed by atoms with van der Waals surface area (Å²) in [6.45, 7) is 6.99. The average Bonchev–Trinajstić information content (AvgIpc) is 2.83. The summed E-state index contributed by atoms with van der Waals surface area (Å²) in [6.07, 6.45) is 1.02. The molecule has 3 amide bonds. The molecule has 2 aliphatic rings. The molecule has 7 nitrogen and oxygen atoms in total. The van der Waals surface area contributed by atoms with Crippen LogP contribution in [-0.4, -0.2) is 41.4 Å². The van der Waals surface area contributed by atoms with Crippen LogP contribution in [0.15, 0.2) is 64.8 Å². The van der Waals surface area contributed by atoms with Crippen LogP contribution in [0.3, 0.4) is 0 Å². The van der Waals surface area contributed by atoms with Gasteiger partial charge < -0.3 is 20.9 Å². The summed E-state index contributed by atoms with van der Waals surface area (Å²) in [4.78, 5) is 32.4. The lowest BCUT2D eigenvalue weighted by molar-refractivity contribution is -0.117. The zero-order valence-electron chi connectivity index (χ0n) is 20.0. The van der Waals surface area contributed by atoms with Crippen molar-refractivity contribution in [1.82, 2.24) is 10.2 Å². The maximum atomic E-state index is 12.8. The number of amides is 3. The minimum absolute atomic E-state index is 0.137. The molecule has 178 valence electrons. The number of nitrogens with one attached hydrogen (secondary N) is 3. The molecule has 1 fully saturated rings. The highest BCUT2D eigenvalue weighted by Gasteiger charge is 2.36.